The maximum absolute atomic E-state index is 4.78. The van der Waals surface area contributed by atoms with Crippen LogP contribution < -0.4 is 5.01 Å². The van der Waals surface area contributed by atoms with Crippen molar-refractivity contribution in [2.75, 3.05) is 10.8 Å². The highest BCUT2D eigenvalue weighted by Crippen LogP contribution is 2.44. The van der Waals surface area contributed by atoms with Crippen LogP contribution in [-0.4, -0.2) is 10.1 Å². The summed E-state index contributed by atoms with van der Waals surface area (Å²) in [6.07, 6.45) is 0. The van der Waals surface area contributed by atoms with Crippen molar-refractivity contribution in [3.8, 4) is 0 Å². The molecule has 1 aliphatic heterocycles. The smallest absolute Gasteiger partial charge is 0.152 e. The van der Waals surface area contributed by atoms with Crippen molar-refractivity contribution in [3.63, 3.8) is 0 Å². The van der Waals surface area contributed by atoms with Gasteiger partial charge in [0.2, 0.25) is 0 Å². The van der Waals surface area contributed by atoms with E-state index in [9.17, 15) is 0 Å². The minimum atomic E-state index is 0.229. The van der Waals surface area contributed by atoms with Gasteiger partial charge in [-0.1, -0.05) is 79.0 Å². The third-order valence-electron chi connectivity index (χ3n) is 3.00. The van der Waals surface area contributed by atoms with Crippen molar-refractivity contribution in [3.05, 3.63) is 66.2 Å². The Labute approximate surface area is 128 Å². The number of thioether (sulfide) groups is 2. The van der Waals surface area contributed by atoms with Crippen molar-refractivity contribution in [2.45, 2.75) is 12.3 Å². The normalized spacial score (nSPS) is 18.1. The fraction of sp³-hybridized carbons (Fsp3) is 0.188. The van der Waals surface area contributed by atoms with Crippen molar-refractivity contribution in [1.82, 2.24) is 0 Å². The second kappa shape index (κ2) is 6.37. The van der Waals surface area contributed by atoms with Crippen LogP contribution in [0.25, 0.3) is 0 Å². The Balaban J connectivity index is 1.93. The zero-order valence-corrected chi connectivity index (χ0v) is 12.9. The van der Waals surface area contributed by atoms with Gasteiger partial charge in [0.1, 0.15) is 5.37 Å². The Hall–Kier alpha value is -1.39. The molecule has 1 unspecified atom stereocenters. The standard InChI is InChI=1S/C16H16N2S2/c1-2-19-16-17-18(14-11-7-4-8-12-14)15(20-16)13-9-5-3-6-10-13/h3-12,15H,2H2,1H3. The first kappa shape index (κ1) is 13.6. The molecule has 20 heavy (non-hydrogen) atoms. The molecule has 0 radical (unpaired) electrons. The summed E-state index contributed by atoms with van der Waals surface area (Å²) in [5.41, 5.74) is 2.43. The maximum Gasteiger partial charge on any atom is 0.152 e. The van der Waals surface area contributed by atoms with Gasteiger partial charge in [-0.2, -0.15) is 5.10 Å². The molecule has 4 heteroatoms. The molecule has 3 rings (SSSR count). The maximum atomic E-state index is 4.78. The number of anilines is 1. The van der Waals surface area contributed by atoms with Gasteiger partial charge in [0.05, 0.1) is 5.69 Å². The number of benzene rings is 2. The molecule has 2 aromatic rings. The van der Waals surface area contributed by atoms with Crippen LogP contribution in [0.3, 0.4) is 0 Å². The van der Waals surface area contributed by atoms with Crippen molar-refractivity contribution < 1.29 is 0 Å². The Morgan fingerprint density at radius 3 is 2.35 bits per heavy atom. The Kier molecular flexibility index (Phi) is 4.33. The summed E-state index contributed by atoms with van der Waals surface area (Å²) in [7, 11) is 0. The molecule has 102 valence electrons. The number of para-hydroxylation sites is 1. The van der Waals surface area contributed by atoms with Crippen molar-refractivity contribution >= 4 is 33.6 Å². The van der Waals surface area contributed by atoms with Gasteiger partial charge in [0.25, 0.3) is 0 Å². The van der Waals surface area contributed by atoms with E-state index in [0.29, 0.717) is 0 Å². The highest BCUT2D eigenvalue weighted by Gasteiger charge is 2.29. The van der Waals surface area contributed by atoms with Crippen LogP contribution in [-0.2, 0) is 0 Å². The van der Waals surface area contributed by atoms with E-state index in [1.165, 1.54) is 5.56 Å². The number of nitrogens with zero attached hydrogens (tertiary/aromatic N) is 2. The molecule has 2 aromatic carbocycles. The van der Waals surface area contributed by atoms with E-state index in [0.717, 1.165) is 15.8 Å². The zero-order chi connectivity index (χ0) is 13.8. The highest BCUT2D eigenvalue weighted by atomic mass is 32.2. The lowest BCUT2D eigenvalue weighted by Crippen LogP contribution is -2.16. The van der Waals surface area contributed by atoms with E-state index in [2.05, 4.69) is 66.5 Å². The SMILES string of the molecule is CCSC1=NN(c2ccccc2)C(c2ccccc2)S1. The van der Waals surface area contributed by atoms with Crippen molar-refractivity contribution in [1.29, 1.82) is 0 Å². The minimum Gasteiger partial charge on any atom is -0.246 e. The highest BCUT2D eigenvalue weighted by molar-refractivity contribution is 8.39. The molecule has 0 fully saturated rings. The van der Waals surface area contributed by atoms with Gasteiger partial charge in [-0.05, 0) is 23.4 Å². The number of rotatable bonds is 3. The molecule has 0 N–H and O–H groups in total. The Morgan fingerprint density at radius 2 is 1.70 bits per heavy atom. The predicted molar refractivity (Wildman–Crippen MR) is 91.3 cm³/mol. The molecular weight excluding hydrogens is 284 g/mol. The molecule has 0 aliphatic carbocycles. The fourth-order valence-corrected chi connectivity index (χ4v) is 4.28. The summed E-state index contributed by atoms with van der Waals surface area (Å²) in [5.74, 6) is 1.05. The second-order valence-electron chi connectivity index (χ2n) is 4.36. The molecule has 2 nitrogen and oxygen atoms in total. The monoisotopic (exact) mass is 300 g/mol. The first-order valence-electron chi connectivity index (χ1n) is 6.66. The minimum absolute atomic E-state index is 0.229. The van der Waals surface area contributed by atoms with Gasteiger partial charge in [-0.25, -0.2) is 5.01 Å². The van der Waals surface area contributed by atoms with Crippen LogP contribution in [0.15, 0.2) is 65.8 Å². The van der Waals surface area contributed by atoms with Crippen LogP contribution >= 0.6 is 23.5 Å². The molecule has 1 heterocycles. The predicted octanol–water partition coefficient (Wildman–Crippen LogP) is 4.96. The largest absolute Gasteiger partial charge is 0.246 e. The molecule has 1 aliphatic rings. The summed E-state index contributed by atoms with van der Waals surface area (Å²) in [5, 5.41) is 7.13. The first-order valence-corrected chi connectivity index (χ1v) is 8.52. The van der Waals surface area contributed by atoms with Gasteiger partial charge in [0, 0.05) is 0 Å². The summed E-state index contributed by atoms with van der Waals surface area (Å²) < 4.78 is 1.14. The number of hydrazone groups is 1. The third-order valence-corrected chi connectivity index (χ3v) is 5.24. The van der Waals surface area contributed by atoms with Crippen LogP contribution in [0.2, 0.25) is 0 Å². The quantitative estimate of drug-likeness (QED) is 0.796. The lowest BCUT2D eigenvalue weighted by molar-refractivity contribution is 0.854. The molecule has 0 spiro atoms. The van der Waals surface area contributed by atoms with Crippen LogP contribution in [0.1, 0.15) is 17.9 Å². The topological polar surface area (TPSA) is 15.6 Å². The van der Waals surface area contributed by atoms with E-state index in [1.807, 2.05) is 29.6 Å². The molecule has 0 saturated carbocycles. The van der Waals surface area contributed by atoms with Crippen LogP contribution in [0.4, 0.5) is 5.69 Å². The fourth-order valence-electron chi connectivity index (χ4n) is 2.10. The van der Waals surface area contributed by atoms with E-state index in [1.54, 1.807) is 0 Å². The van der Waals surface area contributed by atoms with Gasteiger partial charge < -0.3 is 0 Å². The summed E-state index contributed by atoms with van der Waals surface area (Å²) >= 11 is 3.64. The summed E-state index contributed by atoms with van der Waals surface area (Å²) in [4.78, 5) is 0. The van der Waals surface area contributed by atoms with E-state index < -0.39 is 0 Å². The number of hydrogen-bond acceptors (Lipinski definition) is 4. The molecule has 0 saturated heterocycles. The van der Waals surface area contributed by atoms with E-state index in [4.69, 9.17) is 5.10 Å². The second-order valence-corrected chi connectivity index (χ2v) is 6.94. The molecule has 1 atom stereocenters. The van der Waals surface area contributed by atoms with E-state index >= 15 is 0 Å². The Morgan fingerprint density at radius 1 is 1.05 bits per heavy atom. The molecule has 0 bridgehead atoms. The molecule has 0 aromatic heterocycles. The van der Waals surface area contributed by atoms with Gasteiger partial charge in [-0.3, -0.25) is 0 Å². The molecular formula is C16H16N2S2. The average molecular weight is 300 g/mol. The van der Waals surface area contributed by atoms with Gasteiger partial charge in [0.15, 0.2) is 4.38 Å². The van der Waals surface area contributed by atoms with Crippen molar-refractivity contribution in [2.24, 2.45) is 5.10 Å². The first-order chi connectivity index (χ1) is 9.88. The number of hydrogen-bond donors (Lipinski definition) is 0. The van der Waals surface area contributed by atoms with Gasteiger partial charge >= 0.3 is 0 Å². The Bertz CT molecular complexity index is 584. The third kappa shape index (κ3) is 2.86. The lowest BCUT2D eigenvalue weighted by Gasteiger charge is -2.22. The molecule has 0 amide bonds. The lowest BCUT2D eigenvalue weighted by atomic mass is 10.2. The van der Waals surface area contributed by atoms with E-state index in [-0.39, 0.29) is 5.37 Å². The van der Waals surface area contributed by atoms with Crippen LogP contribution in [0, 0.1) is 0 Å². The summed E-state index contributed by atoms with van der Waals surface area (Å²) in [6.45, 7) is 2.16. The average Bonchev–Trinajstić information content (AvgIpc) is 2.93. The zero-order valence-electron chi connectivity index (χ0n) is 11.3. The van der Waals surface area contributed by atoms with Gasteiger partial charge in [-0.15, -0.1) is 0 Å². The summed E-state index contributed by atoms with van der Waals surface area (Å²) in [6, 6.07) is 20.9. The van der Waals surface area contributed by atoms with Crippen LogP contribution in [0.5, 0.6) is 0 Å².